The van der Waals surface area contributed by atoms with E-state index < -0.39 is 32.7 Å². The van der Waals surface area contributed by atoms with Crippen LogP contribution in [0, 0.1) is 5.82 Å². The Labute approximate surface area is 127 Å². The van der Waals surface area contributed by atoms with Crippen molar-refractivity contribution in [3.05, 3.63) is 23.0 Å². The number of sulfonamides is 1. The first-order valence-corrected chi connectivity index (χ1v) is 7.98. The number of rotatable bonds is 5. The van der Waals surface area contributed by atoms with Crippen molar-refractivity contribution in [2.24, 2.45) is 0 Å². The Balaban J connectivity index is 3.05. The van der Waals surface area contributed by atoms with Crippen molar-refractivity contribution in [2.45, 2.75) is 37.8 Å². The van der Waals surface area contributed by atoms with Crippen molar-refractivity contribution >= 4 is 33.2 Å². The van der Waals surface area contributed by atoms with Gasteiger partial charge in [-0.1, -0.05) is 11.6 Å². The van der Waals surface area contributed by atoms with E-state index >= 15 is 0 Å². The van der Waals surface area contributed by atoms with E-state index in [0.717, 1.165) is 12.1 Å². The van der Waals surface area contributed by atoms with Gasteiger partial charge in [0.25, 0.3) is 0 Å². The van der Waals surface area contributed by atoms with Crippen LogP contribution in [0.1, 0.15) is 20.8 Å². The van der Waals surface area contributed by atoms with Crippen LogP contribution in [0.3, 0.4) is 0 Å². The van der Waals surface area contributed by atoms with Gasteiger partial charge in [0.2, 0.25) is 15.9 Å². The average molecular weight is 338 g/mol. The number of nitrogen functional groups attached to an aromatic ring is 1. The molecule has 1 aromatic rings. The molecule has 1 aromatic carbocycles. The number of halogens is 2. The van der Waals surface area contributed by atoms with Gasteiger partial charge in [0.15, 0.2) is 5.82 Å². The molecule has 1 atom stereocenters. The van der Waals surface area contributed by atoms with Crippen LogP contribution in [0.5, 0.6) is 0 Å². The molecule has 4 N–H and O–H groups in total. The van der Waals surface area contributed by atoms with Crippen molar-refractivity contribution in [1.29, 1.82) is 0 Å². The number of carbonyl (C=O) groups is 1. The fraction of sp³-hybridized carbons (Fsp3) is 0.417. The standard InChI is InChI=1S/C12H17ClFN3O3S/c1-6(2)16-12(18)7(3)17-21(19,20)10-5-8(13)4-9(15)11(10)14/h4-7,17H,15H2,1-3H3,(H,16,18). The molecule has 9 heteroatoms. The lowest BCUT2D eigenvalue weighted by molar-refractivity contribution is -0.122. The number of hydrogen-bond acceptors (Lipinski definition) is 4. The maximum Gasteiger partial charge on any atom is 0.244 e. The summed E-state index contributed by atoms with van der Waals surface area (Å²) in [7, 11) is -4.27. The van der Waals surface area contributed by atoms with Crippen molar-refractivity contribution in [3.63, 3.8) is 0 Å². The minimum Gasteiger partial charge on any atom is -0.396 e. The van der Waals surface area contributed by atoms with Gasteiger partial charge < -0.3 is 11.1 Å². The summed E-state index contributed by atoms with van der Waals surface area (Å²) in [5, 5.41) is 2.52. The summed E-state index contributed by atoms with van der Waals surface area (Å²) in [4.78, 5) is 11.0. The van der Waals surface area contributed by atoms with Gasteiger partial charge in [0.1, 0.15) is 4.90 Å². The molecule has 0 aliphatic rings. The first-order valence-electron chi connectivity index (χ1n) is 6.12. The van der Waals surface area contributed by atoms with Gasteiger partial charge in [-0.3, -0.25) is 4.79 Å². The minimum atomic E-state index is -4.27. The molecule has 1 rings (SSSR count). The molecule has 0 heterocycles. The number of nitrogens with one attached hydrogen (secondary N) is 2. The summed E-state index contributed by atoms with van der Waals surface area (Å²) < 4.78 is 40.1. The lowest BCUT2D eigenvalue weighted by Crippen LogP contribution is -2.46. The highest BCUT2D eigenvalue weighted by atomic mass is 35.5. The zero-order valence-corrected chi connectivity index (χ0v) is 13.3. The molecule has 0 saturated carbocycles. The third-order valence-electron chi connectivity index (χ3n) is 2.48. The van der Waals surface area contributed by atoms with Crippen molar-refractivity contribution < 1.29 is 17.6 Å². The first-order chi connectivity index (χ1) is 9.54. The average Bonchev–Trinajstić information content (AvgIpc) is 2.32. The normalized spacial score (nSPS) is 13.2. The van der Waals surface area contributed by atoms with Crippen LogP contribution in [0.2, 0.25) is 5.02 Å². The molecular weight excluding hydrogens is 321 g/mol. The lowest BCUT2D eigenvalue weighted by Gasteiger charge is -2.16. The maximum atomic E-state index is 13.8. The Hall–Kier alpha value is -1.38. The largest absolute Gasteiger partial charge is 0.396 e. The second-order valence-corrected chi connectivity index (χ2v) is 6.93. The first kappa shape index (κ1) is 17.7. The van der Waals surface area contributed by atoms with Gasteiger partial charge in [0, 0.05) is 11.1 Å². The molecule has 0 radical (unpaired) electrons. The Morgan fingerprint density at radius 1 is 1.33 bits per heavy atom. The third-order valence-corrected chi connectivity index (χ3v) is 4.24. The summed E-state index contributed by atoms with van der Waals surface area (Å²) >= 11 is 5.68. The number of anilines is 1. The summed E-state index contributed by atoms with van der Waals surface area (Å²) in [6, 6.07) is 0.813. The van der Waals surface area contributed by atoms with Crippen molar-refractivity contribution in [2.75, 3.05) is 5.73 Å². The quantitative estimate of drug-likeness (QED) is 0.704. The van der Waals surface area contributed by atoms with E-state index in [1.165, 1.54) is 6.92 Å². The van der Waals surface area contributed by atoms with E-state index in [9.17, 15) is 17.6 Å². The molecule has 0 spiro atoms. The zero-order chi connectivity index (χ0) is 16.4. The van der Waals surface area contributed by atoms with Gasteiger partial charge in [-0.2, -0.15) is 4.72 Å². The zero-order valence-electron chi connectivity index (χ0n) is 11.8. The molecule has 0 bridgehead atoms. The van der Waals surface area contributed by atoms with E-state index in [1.54, 1.807) is 13.8 Å². The van der Waals surface area contributed by atoms with E-state index in [-0.39, 0.29) is 16.8 Å². The maximum absolute atomic E-state index is 13.8. The Morgan fingerprint density at radius 2 is 1.90 bits per heavy atom. The van der Waals surface area contributed by atoms with Gasteiger partial charge in [-0.25, -0.2) is 12.8 Å². The van der Waals surface area contributed by atoms with Crippen LogP contribution < -0.4 is 15.8 Å². The Bertz CT molecular complexity index is 649. The smallest absolute Gasteiger partial charge is 0.244 e. The number of nitrogens with two attached hydrogens (primary N) is 1. The van der Waals surface area contributed by atoms with Crippen LogP contribution in [-0.2, 0) is 14.8 Å². The number of benzene rings is 1. The van der Waals surface area contributed by atoms with Gasteiger partial charge in [0.05, 0.1) is 11.7 Å². The summed E-state index contributed by atoms with van der Waals surface area (Å²) in [5.41, 5.74) is 4.96. The Morgan fingerprint density at radius 3 is 2.43 bits per heavy atom. The number of carbonyl (C=O) groups excluding carboxylic acids is 1. The van der Waals surface area contributed by atoms with Crippen LogP contribution in [0.4, 0.5) is 10.1 Å². The molecule has 118 valence electrons. The topological polar surface area (TPSA) is 101 Å². The van der Waals surface area contributed by atoms with E-state index in [0.29, 0.717) is 0 Å². The molecule has 0 fully saturated rings. The van der Waals surface area contributed by atoms with Gasteiger partial charge >= 0.3 is 0 Å². The monoisotopic (exact) mass is 337 g/mol. The Kier molecular flexibility index (Phi) is 5.54. The second-order valence-electron chi connectivity index (χ2n) is 4.81. The summed E-state index contributed by atoms with van der Waals surface area (Å²) in [6.07, 6.45) is 0. The number of hydrogen-bond donors (Lipinski definition) is 3. The fourth-order valence-corrected chi connectivity index (χ4v) is 3.17. The number of amides is 1. The summed E-state index contributed by atoms with van der Waals surface area (Å²) in [5.74, 6) is -1.63. The third kappa shape index (κ3) is 4.55. The predicted molar refractivity (Wildman–Crippen MR) is 78.9 cm³/mol. The van der Waals surface area contributed by atoms with Crippen LogP contribution in [0.25, 0.3) is 0 Å². The fourth-order valence-electron chi connectivity index (χ4n) is 1.54. The van der Waals surface area contributed by atoms with Crippen LogP contribution >= 0.6 is 11.6 Å². The molecule has 0 saturated heterocycles. The summed E-state index contributed by atoms with van der Waals surface area (Å²) in [6.45, 7) is 4.81. The molecule has 0 aromatic heterocycles. The van der Waals surface area contributed by atoms with E-state index in [2.05, 4.69) is 10.0 Å². The molecule has 6 nitrogen and oxygen atoms in total. The van der Waals surface area contributed by atoms with Crippen LogP contribution in [-0.4, -0.2) is 26.4 Å². The highest BCUT2D eigenvalue weighted by Crippen LogP contribution is 2.25. The minimum absolute atomic E-state index is 0.0199. The SMILES string of the molecule is CC(C)NC(=O)C(C)NS(=O)(=O)c1cc(Cl)cc(N)c1F. The van der Waals surface area contributed by atoms with Gasteiger partial charge in [-0.05, 0) is 32.9 Å². The van der Waals surface area contributed by atoms with Crippen molar-refractivity contribution in [3.8, 4) is 0 Å². The molecule has 21 heavy (non-hydrogen) atoms. The second kappa shape index (κ2) is 6.59. The van der Waals surface area contributed by atoms with E-state index in [4.69, 9.17) is 17.3 Å². The predicted octanol–water partition coefficient (Wildman–Crippen LogP) is 1.25. The highest BCUT2D eigenvalue weighted by molar-refractivity contribution is 7.89. The molecule has 1 amide bonds. The van der Waals surface area contributed by atoms with Crippen molar-refractivity contribution in [1.82, 2.24) is 10.0 Å². The van der Waals surface area contributed by atoms with Gasteiger partial charge in [-0.15, -0.1) is 0 Å². The van der Waals surface area contributed by atoms with Crippen LogP contribution in [0.15, 0.2) is 17.0 Å². The molecule has 0 aliphatic carbocycles. The molecular formula is C12H17ClFN3O3S. The molecule has 0 aliphatic heterocycles. The lowest BCUT2D eigenvalue weighted by atomic mass is 10.3. The highest BCUT2D eigenvalue weighted by Gasteiger charge is 2.26. The van der Waals surface area contributed by atoms with E-state index in [1.807, 2.05) is 0 Å². The molecule has 1 unspecified atom stereocenters.